The first-order valence-corrected chi connectivity index (χ1v) is 12.0. The molecular weight excluding hydrogens is 526 g/mol. The second-order valence-electron chi connectivity index (χ2n) is 7.60. The van der Waals surface area contributed by atoms with E-state index >= 15 is 0 Å². The lowest BCUT2D eigenvalue weighted by Gasteiger charge is -2.28. The van der Waals surface area contributed by atoms with Crippen LogP contribution in [-0.2, 0) is 9.59 Å². The SMILES string of the molecule is N#CC1=C(N)S[C@@H]2C(=O)N(c3ccc(Br)cc3)C(=O)[C@@H]2[C@H]1c1ccc(-c2ccccc2Cl)o1. The molecular formula is C24H15BrClN3O3S. The highest BCUT2D eigenvalue weighted by Gasteiger charge is 2.56. The normalized spacial score (nSPS) is 22.5. The Morgan fingerprint density at radius 2 is 1.79 bits per heavy atom. The summed E-state index contributed by atoms with van der Waals surface area (Å²) < 4.78 is 6.93. The first-order chi connectivity index (χ1) is 15.9. The molecule has 9 heteroatoms. The van der Waals surface area contributed by atoms with E-state index in [4.69, 9.17) is 21.8 Å². The Hall–Kier alpha value is -2.99. The van der Waals surface area contributed by atoms with E-state index in [0.29, 0.717) is 27.8 Å². The van der Waals surface area contributed by atoms with Crippen molar-refractivity contribution in [2.24, 2.45) is 11.7 Å². The van der Waals surface area contributed by atoms with Crippen LogP contribution in [0.5, 0.6) is 0 Å². The van der Waals surface area contributed by atoms with Crippen LogP contribution in [0, 0.1) is 17.2 Å². The molecule has 2 aliphatic heterocycles. The van der Waals surface area contributed by atoms with Crippen molar-refractivity contribution >= 4 is 56.8 Å². The topological polar surface area (TPSA) is 100 Å². The van der Waals surface area contributed by atoms with Gasteiger partial charge in [0.2, 0.25) is 11.8 Å². The van der Waals surface area contributed by atoms with Crippen LogP contribution in [0.3, 0.4) is 0 Å². The third-order valence-electron chi connectivity index (χ3n) is 5.76. The number of thioether (sulfide) groups is 1. The lowest BCUT2D eigenvalue weighted by Crippen LogP contribution is -2.33. The zero-order valence-corrected chi connectivity index (χ0v) is 20.0. The number of carbonyl (C=O) groups is 2. The number of rotatable bonds is 3. The first-order valence-electron chi connectivity index (χ1n) is 9.95. The third-order valence-corrected chi connectivity index (χ3v) is 7.84. The standard InChI is InChI=1S/C24H15BrClN3O3S/c25-12-5-7-13(8-6-12)29-23(30)20-19(15(11-27)22(28)33-21(20)24(29)31)18-10-9-17(32-18)14-3-1-2-4-16(14)26/h1-10,19-21H,28H2/t19-,20-,21+/m1/s1. The molecule has 0 radical (unpaired) electrons. The summed E-state index contributed by atoms with van der Waals surface area (Å²) in [6, 6.07) is 19.7. The van der Waals surface area contributed by atoms with E-state index in [1.54, 1.807) is 42.5 Å². The van der Waals surface area contributed by atoms with Gasteiger partial charge in [0.1, 0.15) is 16.8 Å². The molecule has 6 nitrogen and oxygen atoms in total. The highest BCUT2D eigenvalue weighted by Crippen LogP contribution is 2.51. The molecule has 2 N–H and O–H groups in total. The molecule has 2 amide bonds. The van der Waals surface area contributed by atoms with Crippen LogP contribution in [-0.4, -0.2) is 17.1 Å². The van der Waals surface area contributed by atoms with E-state index in [2.05, 4.69) is 22.0 Å². The van der Waals surface area contributed by atoms with Gasteiger partial charge in [0.05, 0.1) is 39.2 Å². The van der Waals surface area contributed by atoms with Gasteiger partial charge in [-0.2, -0.15) is 5.26 Å². The molecule has 3 atom stereocenters. The zero-order valence-electron chi connectivity index (χ0n) is 16.9. The fourth-order valence-corrected chi connectivity index (χ4v) is 5.95. The number of carbonyl (C=O) groups excluding carboxylic acids is 2. The number of anilines is 1. The molecule has 0 spiro atoms. The quantitative estimate of drug-likeness (QED) is 0.444. The summed E-state index contributed by atoms with van der Waals surface area (Å²) in [6.45, 7) is 0. The van der Waals surface area contributed by atoms with E-state index in [0.717, 1.165) is 16.2 Å². The van der Waals surface area contributed by atoms with E-state index in [1.807, 2.05) is 18.2 Å². The summed E-state index contributed by atoms with van der Waals surface area (Å²) in [5.41, 5.74) is 7.57. The molecule has 1 saturated heterocycles. The van der Waals surface area contributed by atoms with Gasteiger partial charge in [0, 0.05) is 10.0 Å². The van der Waals surface area contributed by atoms with Gasteiger partial charge < -0.3 is 10.2 Å². The van der Waals surface area contributed by atoms with Crippen molar-refractivity contribution in [1.29, 1.82) is 5.26 Å². The van der Waals surface area contributed by atoms with Crippen LogP contribution in [0.25, 0.3) is 11.3 Å². The maximum Gasteiger partial charge on any atom is 0.248 e. The second kappa shape index (κ2) is 8.41. The number of furan rings is 1. The smallest absolute Gasteiger partial charge is 0.248 e. The fourth-order valence-electron chi connectivity index (χ4n) is 4.26. The van der Waals surface area contributed by atoms with Crippen molar-refractivity contribution in [2.45, 2.75) is 11.2 Å². The number of hydrogen-bond donors (Lipinski definition) is 1. The highest BCUT2D eigenvalue weighted by atomic mass is 79.9. The number of nitrogens with zero attached hydrogens (tertiary/aromatic N) is 2. The number of fused-ring (bicyclic) bond motifs is 1. The number of halogens is 2. The Balaban J connectivity index is 1.59. The molecule has 3 heterocycles. The summed E-state index contributed by atoms with van der Waals surface area (Å²) in [7, 11) is 0. The molecule has 0 aliphatic carbocycles. The van der Waals surface area contributed by atoms with Gasteiger partial charge in [0.15, 0.2) is 0 Å². The average molecular weight is 541 g/mol. The van der Waals surface area contributed by atoms with Crippen LogP contribution in [0.4, 0.5) is 5.69 Å². The fraction of sp³-hybridized carbons (Fsp3) is 0.125. The lowest BCUT2D eigenvalue weighted by molar-refractivity contribution is -0.122. The van der Waals surface area contributed by atoms with Crippen molar-refractivity contribution in [3.63, 3.8) is 0 Å². The molecule has 1 aromatic heterocycles. The Morgan fingerprint density at radius 1 is 1.06 bits per heavy atom. The van der Waals surface area contributed by atoms with Crippen molar-refractivity contribution in [1.82, 2.24) is 0 Å². The van der Waals surface area contributed by atoms with Gasteiger partial charge in [-0.25, -0.2) is 4.90 Å². The van der Waals surface area contributed by atoms with Crippen molar-refractivity contribution in [3.8, 4) is 17.4 Å². The third kappa shape index (κ3) is 3.57. The number of amides is 2. The molecule has 0 unspecified atom stereocenters. The predicted octanol–water partition coefficient (Wildman–Crippen LogP) is 5.44. The number of hydrogen-bond acceptors (Lipinski definition) is 6. The average Bonchev–Trinajstić information content (AvgIpc) is 3.37. The number of allylic oxidation sites excluding steroid dienone is 1. The molecule has 164 valence electrons. The minimum absolute atomic E-state index is 0.221. The summed E-state index contributed by atoms with van der Waals surface area (Å²) in [4.78, 5) is 28.0. The minimum atomic E-state index is -0.821. The van der Waals surface area contributed by atoms with Crippen LogP contribution in [0.15, 0.2) is 80.2 Å². The molecule has 0 saturated carbocycles. The Kier molecular flexibility index (Phi) is 5.57. The predicted molar refractivity (Wildman–Crippen MR) is 130 cm³/mol. The van der Waals surface area contributed by atoms with Gasteiger partial charge in [-0.3, -0.25) is 9.59 Å². The van der Waals surface area contributed by atoms with Crippen LogP contribution in [0.2, 0.25) is 5.02 Å². The summed E-state index contributed by atoms with van der Waals surface area (Å²) in [5.74, 6) is -1.46. The van der Waals surface area contributed by atoms with Gasteiger partial charge in [0.25, 0.3) is 0 Å². The molecule has 3 aromatic rings. The molecule has 1 fully saturated rings. The summed E-state index contributed by atoms with van der Waals surface area (Å²) in [5, 5.41) is 9.85. The van der Waals surface area contributed by atoms with E-state index < -0.39 is 17.1 Å². The monoisotopic (exact) mass is 539 g/mol. The van der Waals surface area contributed by atoms with Crippen molar-refractivity contribution < 1.29 is 14.0 Å². The van der Waals surface area contributed by atoms with Crippen LogP contribution < -0.4 is 10.6 Å². The number of imide groups is 1. The Labute approximate surface area is 207 Å². The Bertz CT molecular complexity index is 1360. The van der Waals surface area contributed by atoms with E-state index in [9.17, 15) is 14.9 Å². The molecule has 0 bridgehead atoms. The first kappa shape index (κ1) is 21.8. The van der Waals surface area contributed by atoms with Crippen LogP contribution in [0.1, 0.15) is 11.7 Å². The minimum Gasteiger partial charge on any atom is -0.460 e. The van der Waals surface area contributed by atoms with E-state index in [1.165, 1.54) is 4.90 Å². The summed E-state index contributed by atoms with van der Waals surface area (Å²) in [6.07, 6.45) is 0. The van der Waals surface area contributed by atoms with Crippen LogP contribution >= 0.6 is 39.3 Å². The number of nitriles is 1. The highest BCUT2D eigenvalue weighted by molar-refractivity contribution is 9.10. The molecule has 33 heavy (non-hydrogen) atoms. The lowest BCUT2D eigenvalue weighted by atomic mass is 9.82. The van der Waals surface area contributed by atoms with Gasteiger partial charge in [-0.05, 0) is 48.5 Å². The molecule has 5 rings (SSSR count). The number of nitrogens with two attached hydrogens (primary N) is 1. The zero-order chi connectivity index (χ0) is 23.3. The number of benzene rings is 2. The maximum atomic E-state index is 13.6. The summed E-state index contributed by atoms with van der Waals surface area (Å²) >= 11 is 10.7. The van der Waals surface area contributed by atoms with Crippen molar-refractivity contribution in [2.75, 3.05) is 4.90 Å². The largest absolute Gasteiger partial charge is 0.460 e. The maximum absolute atomic E-state index is 13.6. The Morgan fingerprint density at radius 3 is 2.48 bits per heavy atom. The van der Waals surface area contributed by atoms with Gasteiger partial charge in [-0.1, -0.05) is 51.4 Å². The van der Waals surface area contributed by atoms with E-state index in [-0.39, 0.29) is 22.4 Å². The van der Waals surface area contributed by atoms with Crippen molar-refractivity contribution in [3.05, 3.63) is 86.5 Å². The second-order valence-corrected chi connectivity index (χ2v) is 10.1. The molecule has 2 aliphatic rings. The van der Waals surface area contributed by atoms with Gasteiger partial charge >= 0.3 is 0 Å². The van der Waals surface area contributed by atoms with Gasteiger partial charge in [-0.15, -0.1) is 0 Å². The molecule has 2 aromatic carbocycles.